The Morgan fingerprint density at radius 2 is 1.67 bits per heavy atom. The van der Waals surface area contributed by atoms with Crippen molar-refractivity contribution in [2.24, 2.45) is 0 Å². The molecule has 3 aromatic rings. The zero-order valence-corrected chi connectivity index (χ0v) is 16.3. The minimum atomic E-state index is 0.230. The first-order valence-electron chi connectivity index (χ1n) is 8.59. The Balaban J connectivity index is 1.51. The second-order valence-corrected chi connectivity index (χ2v) is 7.41. The van der Waals surface area contributed by atoms with Gasteiger partial charge in [0.15, 0.2) is 0 Å². The molecule has 0 amide bonds. The van der Waals surface area contributed by atoms with E-state index in [4.69, 9.17) is 21.1 Å². The van der Waals surface area contributed by atoms with Crippen LogP contribution in [0.15, 0.2) is 72.8 Å². The van der Waals surface area contributed by atoms with Crippen LogP contribution < -0.4 is 18.5 Å². The minimum absolute atomic E-state index is 0.230. The van der Waals surface area contributed by atoms with Gasteiger partial charge in [-0.2, -0.15) is 0 Å². The monoisotopic (exact) mass is 398 g/mol. The molecule has 1 aliphatic rings. The number of rotatable bonds is 5. The topological polar surface area (TPSA) is 33.7 Å². The molecule has 0 aromatic heterocycles. The smallest absolute Gasteiger partial charge is 0.127 e. The predicted octanol–water partition coefficient (Wildman–Crippen LogP) is 5.86. The molecule has 1 heterocycles. The van der Waals surface area contributed by atoms with Gasteiger partial charge in [-0.25, -0.2) is 4.72 Å². The molecule has 6 heteroatoms. The van der Waals surface area contributed by atoms with Gasteiger partial charge in [0.2, 0.25) is 0 Å². The molecule has 0 aliphatic carbocycles. The van der Waals surface area contributed by atoms with Gasteiger partial charge < -0.3 is 9.47 Å². The van der Waals surface area contributed by atoms with E-state index in [1.807, 2.05) is 48.5 Å². The van der Waals surface area contributed by atoms with Crippen LogP contribution in [0.25, 0.3) is 0 Å². The van der Waals surface area contributed by atoms with Crippen molar-refractivity contribution in [1.29, 1.82) is 0 Å². The average Bonchev–Trinajstić information content (AvgIpc) is 3.20. The summed E-state index contributed by atoms with van der Waals surface area (Å²) in [5.74, 6) is 2.42. The summed E-state index contributed by atoms with van der Waals surface area (Å²) in [6.45, 7) is 0.862. The molecule has 4 nitrogen and oxygen atoms in total. The van der Waals surface area contributed by atoms with Gasteiger partial charge in [-0.3, -0.25) is 4.31 Å². The van der Waals surface area contributed by atoms with Crippen molar-refractivity contribution >= 4 is 29.4 Å². The SMILES string of the molecule is COc1cccc([C@H]2CNSN2c2ccc(Oc3ccc(Cl)cc3)cc2)c1. The van der Waals surface area contributed by atoms with Gasteiger partial charge in [-0.15, -0.1) is 0 Å². The van der Waals surface area contributed by atoms with Crippen molar-refractivity contribution in [3.05, 3.63) is 83.4 Å². The Kier molecular flexibility index (Phi) is 5.43. The standard InChI is InChI=1S/C21H19ClN2O2S/c1-25-20-4-2-3-15(13-20)21-14-23-27-24(21)17-7-11-19(12-8-17)26-18-9-5-16(22)6-10-18/h2-13,21,23H,14H2,1H3/t21-/m1/s1. The molecule has 0 unspecified atom stereocenters. The van der Waals surface area contributed by atoms with Crippen molar-refractivity contribution in [3.63, 3.8) is 0 Å². The Morgan fingerprint density at radius 3 is 2.37 bits per heavy atom. The number of nitrogens with one attached hydrogen (secondary N) is 1. The van der Waals surface area contributed by atoms with Gasteiger partial charge in [0.1, 0.15) is 17.2 Å². The summed E-state index contributed by atoms with van der Waals surface area (Å²) in [4.78, 5) is 0. The summed E-state index contributed by atoms with van der Waals surface area (Å²) in [6, 6.07) is 23.9. The van der Waals surface area contributed by atoms with Crippen molar-refractivity contribution in [3.8, 4) is 17.2 Å². The maximum atomic E-state index is 5.91. The van der Waals surface area contributed by atoms with E-state index in [-0.39, 0.29) is 6.04 Å². The molecule has 27 heavy (non-hydrogen) atoms. The van der Waals surface area contributed by atoms with Crippen LogP contribution in [0.1, 0.15) is 11.6 Å². The van der Waals surface area contributed by atoms with Crippen LogP contribution in [0.2, 0.25) is 5.02 Å². The van der Waals surface area contributed by atoms with E-state index in [2.05, 4.69) is 33.3 Å². The lowest BCUT2D eigenvalue weighted by Gasteiger charge is -2.24. The number of halogens is 1. The molecule has 3 aromatic carbocycles. The molecule has 4 rings (SSSR count). The number of anilines is 1. The summed E-state index contributed by atoms with van der Waals surface area (Å²) >= 11 is 7.52. The van der Waals surface area contributed by atoms with E-state index in [0.29, 0.717) is 5.02 Å². The Morgan fingerprint density at radius 1 is 0.963 bits per heavy atom. The predicted molar refractivity (Wildman–Crippen MR) is 112 cm³/mol. The minimum Gasteiger partial charge on any atom is -0.497 e. The van der Waals surface area contributed by atoms with Crippen LogP contribution in [-0.4, -0.2) is 13.7 Å². The molecular weight excluding hydrogens is 380 g/mol. The number of methoxy groups -OCH3 is 1. The zero-order chi connectivity index (χ0) is 18.6. The highest BCUT2D eigenvalue weighted by Gasteiger charge is 2.27. The van der Waals surface area contributed by atoms with Crippen LogP contribution in [0.3, 0.4) is 0 Å². The van der Waals surface area contributed by atoms with Gasteiger partial charge in [-0.05, 0) is 66.2 Å². The summed E-state index contributed by atoms with van der Waals surface area (Å²) in [5, 5.41) is 0.694. The van der Waals surface area contributed by atoms with Crippen LogP contribution in [0.5, 0.6) is 17.2 Å². The quantitative estimate of drug-likeness (QED) is 0.545. The van der Waals surface area contributed by atoms with Crippen molar-refractivity contribution < 1.29 is 9.47 Å². The van der Waals surface area contributed by atoms with Gasteiger partial charge in [0, 0.05) is 29.4 Å². The molecule has 0 radical (unpaired) electrons. The molecular formula is C21H19ClN2O2S. The van der Waals surface area contributed by atoms with Crippen molar-refractivity contribution in [2.75, 3.05) is 18.0 Å². The number of benzene rings is 3. The Hall–Kier alpha value is -2.34. The molecule has 0 spiro atoms. The third-order valence-electron chi connectivity index (χ3n) is 4.34. The molecule has 1 N–H and O–H groups in total. The van der Waals surface area contributed by atoms with Crippen LogP contribution in [0.4, 0.5) is 5.69 Å². The molecule has 0 bridgehead atoms. The van der Waals surface area contributed by atoms with E-state index in [0.717, 1.165) is 29.5 Å². The summed E-state index contributed by atoms with van der Waals surface area (Å²) in [7, 11) is 1.69. The third-order valence-corrected chi connectivity index (χ3v) is 5.55. The van der Waals surface area contributed by atoms with Crippen molar-refractivity contribution in [2.45, 2.75) is 6.04 Å². The maximum Gasteiger partial charge on any atom is 0.127 e. The van der Waals surface area contributed by atoms with Gasteiger partial charge in [-0.1, -0.05) is 23.7 Å². The van der Waals surface area contributed by atoms with Crippen LogP contribution in [0, 0.1) is 0 Å². The molecule has 138 valence electrons. The lowest BCUT2D eigenvalue weighted by Crippen LogP contribution is -2.18. The Labute approximate surface area is 168 Å². The second-order valence-electron chi connectivity index (χ2n) is 6.11. The van der Waals surface area contributed by atoms with Gasteiger partial charge >= 0.3 is 0 Å². The van der Waals surface area contributed by atoms with Crippen LogP contribution in [-0.2, 0) is 0 Å². The fourth-order valence-corrected chi connectivity index (χ4v) is 4.01. The first-order valence-corrected chi connectivity index (χ1v) is 9.74. The fourth-order valence-electron chi connectivity index (χ4n) is 2.97. The highest BCUT2D eigenvalue weighted by atomic mass is 35.5. The number of hydrogen-bond donors (Lipinski definition) is 1. The number of hydrogen-bond acceptors (Lipinski definition) is 5. The van der Waals surface area contributed by atoms with Gasteiger partial charge in [0.25, 0.3) is 0 Å². The molecule has 1 aliphatic heterocycles. The van der Waals surface area contributed by atoms with E-state index in [1.54, 1.807) is 19.2 Å². The van der Waals surface area contributed by atoms with E-state index in [1.165, 1.54) is 5.56 Å². The lowest BCUT2D eigenvalue weighted by atomic mass is 10.1. The highest BCUT2D eigenvalue weighted by Crippen LogP contribution is 2.38. The summed E-state index contributed by atoms with van der Waals surface area (Å²) < 4.78 is 16.9. The number of nitrogens with zero attached hydrogens (tertiary/aromatic N) is 1. The molecule has 1 fully saturated rings. The Bertz CT molecular complexity index is 903. The third kappa shape index (κ3) is 4.16. The van der Waals surface area contributed by atoms with Crippen molar-refractivity contribution in [1.82, 2.24) is 4.72 Å². The first kappa shape index (κ1) is 18.0. The average molecular weight is 399 g/mol. The van der Waals surface area contributed by atoms with E-state index < -0.39 is 0 Å². The summed E-state index contributed by atoms with van der Waals surface area (Å²) in [5.41, 5.74) is 2.33. The number of ether oxygens (including phenoxy) is 2. The zero-order valence-electron chi connectivity index (χ0n) is 14.8. The fraction of sp³-hybridized carbons (Fsp3) is 0.143. The molecule has 1 saturated heterocycles. The lowest BCUT2D eigenvalue weighted by molar-refractivity contribution is 0.414. The molecule has 1 atom stereocenters. The first-order chi connectivity index (χ1) is 13.2. The summed E-state index contributed by atoms with van der Waals surface area (Å²) in [6.07, 6.45) is 0. The van der Waals surface area contributed by atoms with Gasteiger partial charge in [0.05, 0.1) is 13.2 Å². The molecule has 0 saturated carbocycles. The van der Waals surface area contributed by atoms with E-state index >= 15 is 0 Å². The normalized spacial score (nSPS) is 16.4. The van der Waals surface area contributed by atoms with Crippen LogP contribution >= 0.6 is 23.7 Å². The highest BCUT2D eigenvalue weighted by molar-refractivity contribution is 7.99. The maximum absolute atomic E-state index is 5.91. The second kappa shape index (κ2) is 8.13. The van der Waals surface area contributed by atoms with E-state index in [9.17, 15) is 0 Å². The largest absolute Gasteiger partial charge is 0.497 e.